The van der Waals surface area contributed by atoms with E-state index in [1.165, 1.54) is 12.3 Å². The van der Waals surface area contributed by atoms with E-state index in [0.717, 1.165) is 26.6 Å². The van der Waals surface area contributed by atoms with Crippen molar-refractivity contribution in [1.82, 2.24) is 14.8 Å². The van der Waals surface area contributed by atoms with E-state index in [1.807, 2.05) is 13.0 Å². The van der Waals surface area contributed by atoms with Crippen molar-refractivity contribution in [2.24, 2.45) is 7.05 Å². The second-order valence-electron chi connectivity index (χ2n) is 5.23. The monoisotopic (exact) mass is 345 g/mol. The lowest BCUT2D eigenvalue weighted by Gasteiger charge is -1.99. The average molecular weight is 345 g/mol. The van der Waals surface area contributed by atoms with E-state index in [2.05, 4.69) is 10.1 Å². The fourth-order valence-corrected chi connectivity index (χ4v) is 3.46. The number of halogens is 1. The van der Waals surface area contributed by atoms with Gasteiger partial charge in [-0.05, 0) is 32.0 Å². The van der Waals surface area contributed by atoms with E-state index in [0.29, 0.717) is 6.61 Å². The number of aromatic nitrogens is 3. The Hall–Kier alpha value is -2.54. The molecule has 3 aromatic heterocycles. The number of esters is 1. The van der Waals surface area contributed by atoms with Gasteiger partial charge in [-0.2, -0.15) is 5.10 Å². The standard InChI is InChI=1S/C17H16FN3O2S/c1-4-23-17(22)14-7-15(21(3)20-14)13-6-16(24-10(13)2)11-5-12(18)9-19-8-11/h5-9H,4H2,1-3H3. The van der Waals surface area contributed by atoms with Gasteiger partial charge in [0.2, 0.25) is 0 Å². The van der Waals surface area contributed by atoms with Crippen LogP contribution >= 0.6 is 11.3 Å². The molecule has 0 fully saturated rings. The average Bonchev–Trinajstić information content (AvgIpc) is 3.10. The Morgan fingerprint density at radius 2 is 2.12 bits per heavy atom. The minimum absolute atomic E-state index is 0.272. The maximum absolute atomic E-state index is 13.4. The highest BCUT2D eigenvalue weighted by Gasteiger charge is 2.18. The molecule has 0 unspecified atom stereocenters. The van der Waals surface area contributed by atoms with Crippen LogP contribution in [0.15, 0.2) is 30.6 Å². The molecule has 0 amide bonds. The Balaban J connectivity index is 2.00. The van der Waals surface area contributed by atoms with Gasteiger partial charge in [-0.3, -0.25) is 9.67 Å². The van der Waals surface area contributed by atoms with Crippen molar-refractivity contribution in [3.05, 3.63) is 47.0 Å². The van der Waals surface area contributed by atoms with Crippen LogP contribution in [0.3, 0.4) is 0 Å². The lowest BCUT2D eigenvalue weighted by Crippen LogP contribution is -2.05. The van der Waals surface area contributed by atoms with Gasteiger partial charge in [-0.1, -0.05) is 0 Å². The Morgan fingerprint density at radius 1 is 1.33 bits per heavy atom. The van der Waals surface area contributed by atoms with E-state index in [-0.39, 0.29) is 11.5 Å². The van der Waals surface area contributed by atoms with Crippen LogP contribution in [0.1, 0.15) is 22.3 Å². The van der Waals surface area contributed by atoms with E-state index in [1.54, 1.807) is 42.3 Å². The molecular formula is C17H16FN3O2S. The molecule has 0 saturated carbocycles. The second kappa shape index (κ2) is 6.52. The fourth-order valence-electron chi connectivity index (χ4n) is 2.45. The number of carbonyl (C=O) groups is 1. The van der Waals surface area contributed by atoms with Crippen LogP contribution in [0.25, 0.3) is 21.7 Å². The SMILES string of the molecule is CCOC(=O)c1cc(-c2cc(-c3cncc(F)c3)sc2C)n(C)n1. The Labute approximate surface area is 142 Å². The third-order valence-corrected chi connectivity index (χ3v) is 4.65. The Morgan fingerprint density at radius 3 is 2.83 bits per heavy atom. The normalized spacial score (nSPS) is 10.8. The summed E-state index contributed by atoms with van der Waals surface area (Å²) >= 11 is 1.54. The van der Waals surface area contributed by atoms with Gasteiger partial charge < -0.3 is 4.74 Å². The van der Waals surface area contributed by atoms with Crippen molar-refractivity contribution in [3.63, 3.8) is 0 Å². The van der Waals surface area contributed by atoms with Gasteiger partial charge in [0.25, 0.3) is 0 Å². The van der Waals surface area contributed by atoms with Crippen LogP contribution in [0.5, 0.6) is 0 Å². The lowest BCUT2D eigenvalue weighted by atomic mass is 10.1. The van der Waals surface area contributed by atoms with Crippen LogP contribution in [0.4, 0.5) is 4.39 Å². The minimum atomic E-state index is -0.443. The van der Waals surface area contributed by atoms with Gasteiger partial charge >= 0.3 is 5.97 Å². The largest absolute Gasteiger partial charge is 0.461 e. The first-order valence-corrected chi connectivity index (χ1v) is 8.24. The zero-order valence-electron chi connectivity index (χ0n) is 13.5. The summed E-state index contributed by atoms with van der Waals surface area (Å²) < 4.78 is 20.0. The molecule has 3 rings (SSSR count). The molecule has 0 radical (unpaired) electrons. The van der Waals surface area contributed by atoms with Crippen molar-refractivity contribution in [2.75, 3.05) is 6.61 Å². The first-order chi connectivity index (χ1) is 11.5. The highest BCUT2D eigenvalue weighted by molar-refractivity contribution is 7.16. The molecule has 3 heterocycles. The number of rotatable bonds is 4. The highest BCUT2D eigenvalue weighted by atomic mass is 32.1. The number of ether oxygens (including phenoxy) is 1. The van der Waals surface area contributed by atoms with Crippen LogP contribution < -0.4 is 0 Å². The molecule has 0 saturated heterocycles. The lowest BCUT2D eigenvalue weighted by molar-refractivity contribution is 0.0518. The molecule has 24 heavy (non-hydrogen) atoms. The molecule has 0 aliphatic carbocycles. The summed E-state index contributed by atoms with van der Waals surface area (Å²) in [6.45, 7) is 4.04. The smallest absolute Gasteiger partial charge is 0.358 e. The van der Waals surface area contributed by atoms with Gasteiger partial charge in [0.1, 0.15) is 5.82 Å². The molecule has 0 aromatic carbocycles. The Bertz CT molecular complexity index is 901. The first kappa shape index (κ1) is 16.3. The van der Waals surface area contributed by atoms with Gasteiger partial charge in [0.15, 0.2) is 5.69 Å². The van der Waals surface area contributed by atoms with Crippen molar-refractivity contribution < 1.29 is 13.9 Å². The molecular weight excluding hydrogens is 329 g/mol. The summed E-state index contributed by atoms with van der Waals surface area (Å²) in [5, 5.41) is 4.22. The minimum Gasteiger partial charge on any atom is -0.461 e. The third-order valence-electron chi connectivity index (χ3n) is 3.55. The van der Waals surface area contributed by atoms with Crippen LogP contribution in [-0.4, -0.2) is 27.3 Å². The van der Waals surface area contributed by atoms with Crippen molar-refractivity contribution >= 4 is 17.3 Å². The van der Waals surface area contributed by atoms with Crippen LogP contribution in [-0.2, 0) is 11.8 Å². The molecule has 7 heteroatoms. The second-order valence-corrected chi connectivity index (χ2v) is 6.49. The molecule has 0 aliphatic heterocycles. The van der Waals surface area contributed by atoms with Crippen molar-refractivity contribution in [3.8, 4) is 21.7 Å². The zero-order valence-corrected chi connectivity index (χ0v) is 14.4. The van der Waals surface area contributed by atoms with E-state index in [4.69, 9.17) is 4.74 Å². The predicted octanol–water partition coefficient (Wildman–Crippen LogP) is 3.83. The summed E-state index contributed by atoms with van der Waals surface area (Å²) in [4.78, 5) is 17.7. The number of hydrogen-bond acceptors (Lipinski definition) is 5. The summed E-state index contributed by atoms with van der Waals surface area (Å²) in [7, 11) is 1.78. The van der Waals surface area contributed by atoms with E-state index < -0.39 is 5.97 Å². The summed E-state index contributed by atoms with van der Waals surface area (Å²) in [6, 6.07) is 5.12. The molecule has 0 bridgehead atoms. The number of carbonyl (C=O) groups excluding carboxylic acids is 1. The van der Waals surface area contributed by atoms with Gasteiger partial charge in [0.05, 0.1) is 18.5 Å². The zero-order chi connectivity index (χ0) is 17.3. The predicted molar refractivity (Wildman–Crippen MR) is 90.4 cm³/mol. The molecule has 124 valence electrons. The van der Waals surface area contributed by atoms with Gasteiger partial charge in [-0.15, -0.1) is 11.3 Å². The number of pyridine rings is 1. The Kier molecular flexibility index (Phi) is 4.44. The van der Waals surface area contributed by atoms with E-state index >= 15 is 0 Å². The van der Waals surface area contributed by atoms with Crippen LogP contribution in [0, 0.1) is 12.7 Å². The number of hydrogen-bond donors (Lipinski definition) is 0. The molecule has 3 aromatic rings. The molecule has 0 N–H and O–H groups in total. The molecule has 5 nitrogen and oxygen atoms in total. The highest BCUT2D eigenvalue weighted by Crippen LogP contribution is 2.36. The number of aryl methyl sites for hydroxylation is 2. The molecule has 0 atom stereocenters. The van der Waals surface area contributed by atoms with Crippen LogP contribution in [0.2, 0.25) is 0 Å². The molecule has 0 aliphatic rings. The number of thiophene rings is 1. The fraction of sp³-hybridized carbons (Fsp3) is 0.235. The maximum atomic E-state index is 13.4. The summed E-state index contributed by atoms with van der Waals surface area (Å²) in [5.74, 6) is -0.813. The summed E-state index contributed by atoms with van der Waals surface area (Å²) in [5.41, 5.74) is 2.75. The quantitative estimate of drug-likeness (QED) is 0.674. The van der Waals surface area contributed by atoms with Crippen molar-refractivity contribution in [1.29, 1.82) is 0 Å². The molecule has 0 spiro atoms. The maximum Gasteiger partial charge on any atom is 0.358 e. The van der Waals surface area contributed by atoms with Gasteiger partial charge in [-0.25, -0.2) is 9.18 Å². The third kappa shape index (κ3) is 3.07. The first-order valence-electron chi connectivity index (χ1n) is 7.42. The van der Waals surface area contributed by atoms with E-state index in [9.17, 15) is 9.18 Å². The van der Waals surface area contributed by atoms with Crippen molar-refractivity contribution in [2.45, 2.75) is 13.8 Å². The number of nitrogens with zero attached hydrogens (tertiary/aromatic N) is 3. The summed E-state index contributed by atoms with van der Waals surface area (Å²) in [6.07, 6.45) is 2.81. The topological polar surface area (TPSA) is 57.0 Å². The van der Waals surface area contributed by atoms with Gasteiger partial charge in [0, 0.05) is 34.1 Å².